The van der Waals surface area contributed by atoms with E-state index in [4.69, 9.17) is 0 Å². The fourth-order valence-electron chi connectivity index (χ4n) is 3.92. The number of sulfonamides is 1. The van der Waals surface area contributed by atoms with E-state index in [1.807, 2.05) is 37.3 Å². The molecule has 180 valence electrons. The number of amides is 1. The molecule has 0 bridgehead atoms. The molecule has 0 aliphatic carbocycles. The smallest absolute Gasteiger partial charge is 0.387 e. The maximum absolute atomic E-state index is 12.8. The van der Waals surface area contributed by atoms with E-state index in [1.54, 1.807) is 6.07 Å². The highest BCUT2D eigenvalue weighted by atomic mass is 32.2. The summed E-state index contributed by atoms with van der Waals surface area (Å²) in [4.78, 5) is 12.8. The molecule has 3 rings (SSSR count). The van der Waals surface area contributed by atoms with Crippen molar-refractivity contribution in [3.63, 3.8) is 0 Å². The van der Waals surface area contributed by atoms with E-state index in [-0.39, 0.29) is 23.3 Å². The molecule has 0 spiro atoms. The molecule has 0 aromatic heterocycles. The molecule has 0 atom stereocenters. The van der Waals surface area contributed by atoms with Crippen LogP contribution < -0.4 is 10.1 Å². The fourth-order valence-corrected chi connectivity index (χ4v) is 5.60. The average molecular weight is 481 g/mol. The van der Waals surface area contributed by atoms with Gasteiger partial charge in [-0.25, -0.2) is 12.7 Å². The average Bonchev–Trinajstić information content (AvgIpc) is 2.80. The number of hydrogen-bond acceptors (Lipinski definition) is 4. The molecule has 1 N–H and O–H groups in total. The predicted molar refractivity (Wildman–Crippen MR) is 124 cm³/mol. The van der Waals surface area contributed by atoms with Crippen LogP contribution in [0.3, 0.4) is 0 Å². The Hall–Kier alpha value is -2.52. The molecule has 1 fully saturated rings. The van der Waals surface area contributed by atoms with Gasteiger partial charge in [0, 0.05) is 36.7 Å². The molecule has 0 radical (unpaired) electrons. The highest BCUT2D eigenvalue weighted by Gasteiger charge is 2.30. The third-order valence-corrected chi connectivity index (χ3v) is 7.71. The summed E-state index contributed by atoms with van der Waals surface area (Å²) in [7, 11) is -3.28. The summed E-state index contributed by atoms with van der Waals surface area (Å²) in [5, 5.41) is 2.86. The number of halogens is 2. The van der Waals surface area contributed by atoms with Crippen LogP contribution in [0.5, 0.6) is 5.75 Å². The zero-order valence-corrected chi connectivity index (χ0v) is 19.5. The van der Waals surface area contributed by atoms with Crippen molar-refractivity contribution in [2.75, 3.05) is 24.2 Å². The van der Waals surface area contributed by atoms with Crippen molar-refractivity contribution in [2.24, 2.45) is 5.92 Å². The van der Waals surface area contributed by atoms with E-state index in [0.717, 1.165) is 12.0 Å². The van der Waals surface area contributed by atoms with Crippen LogP contribution in [0.4, 0.5) is 14.5 Å². The van der Waals surface area contributed by atoms with Crippen LogP contribution in [-0.2, 0) is 21.2 Å². The van der Waals surface area contributed by atoms with E-state index in [0.29, 0.717) is 50.0 Å². The Kier molecular flexibility index (Phi) is 8.80. The van der Waals surface area contributed by atoms with Crippen LogP contribution in [0.1, 0.15) is 43.7 Å². The zero-order chi connectivity index (χ0) is 23.8. The van der Waals surface area contributed by atoms with E-state index in [1.165, 1.54) is 16.4 Å². The molecule has 1 heterocycles. The van der Waals surface area contributed by atoms with Gasteiger partial charge in [0.2, 0.25) is 15.9 Å². The Balaban J connectivity index is 1.65. The summed E-state index contributed by atoms with van der Waals surface area (Å²) in [6.45, 7) is -0.350. The van der Waals surface area contributed by atoms with E-state index in [9.17, 15) is 22.0 Å². The normalized spacial score (nSPS) is 15.5. The third-order valence-electron chi connectivity index (χ3n) is 5.76. The summed E-state index contributed by atoms with van der Waals surface area (Å²) >= 11 is 0. The number of carbonyl (C=O) groups is 1. The predicted octanol–water partition coefficient (Wildman–Crippen LogP) is 4.66. The molecule has 1 saturated heterocycles. The molecule has 1 aliphatic rings. The highest BCUT2D eigenvalue weighted by Crippen LogP contribution is 2.28. The first-order chi connectivity index (χ1) is 15.8. The lowest BCUT2D eigenvalue weighted by Crippen LogP contribution is -2.42. The minimum Gasteiger partial charge on any atom is -0.435 e. The Morgan fingerprint density at radius 3 is 2.48 bits per heavy atom. The SMILES string of the molecule is CCCCS(=O)(=O)N1CCC(C(=O)Nc2ccc(OC(F)F)c(Cc3ccccc3)c2)CC1. The number of rotatable bonds is 10. The van der Waals surface area contributed by atoms with E-state index in [2.05, 4.69) is 10.1 Å². The number of unbranched alkanes of at least 4 members (excludes halogenated alkanes) is 1. The number of piperidine rings is 1. The molecule has 2 aromatic carbocycles. The monoisotopic (exact) mass is 480 g/mol. The zero-order valence-electron chi connectivity index (χ0n) is 18.7. The van der Waals surface area contributed by atoms with Crippen LogP contribution in [0.2, 0.25) is 0 Å². The lowest BCUT2D eigenvalue weighted by atomic mass is 9.97. The van der Waals surface area contributed by atoms with Gasteiger partial charge in [-0.1, -0.05) is 43.7 Å². The Morgan fingerprint density at radius 2 is 1.85 bits per heavy atom. The van der Waals surface area contributed by atoms with Crippen molar-refractivity contribution in [1.29, 1.82) is 0 Å². The van der Waals surface area contributed by atoms with Crippen molar-refractivity contribution in [3.8, 4) is 5.75 Å². The molecule has 9 heteroatoms. The number of hydrogen-bond donors (Lipinski definition) is 1. The lowest BCUT2D eigenvalue weighted by Gasteiger charge is -2.30. The van der Waals surface area contributed by atoms with Crippen molar-refractivity contribution < 1.29 is 26.7 Å². The highest BCUT2D eigenvalue weighted by molar-refractivity contribution is 7.89. The van der Waals surface area contributed by atoms with Crippen molar-refractivity contribution in [3.05, 3.63) is 59.7 Å². The molecule has 33 heavy (non-hydrogen) atoms. The molecule has 1 amide bonds. The molecule has 6 nitrogen and oxygen atoms in total. The second-order valence-corrected chi connectivity index (χ2v) is 10.3. The van der Waals surface area contributed by atoms with E-state index >= 15 is 0 Å². The minimum atomic E-state index is -3.28. The Bertz CT molecular complexity index is 1020. The lowest BCUT2D eigenvalue weighted by molar-refractivity contribution is -0.120. The first-order valence-corrected chi connectivity index (χ1v) is 12.8. The Morgan fingerprint density at radius 1 is 1.15 bits per heavy atom. The van der Waals surface area contributed by atoms with Crippen LogP contribution in [0, 0.1) is 5.92 Å². The molecule has 0 unspecified atom stereocenters. The largest absolute Gasteiger partial charge is 0.435 e. The fraction of sp³-hybridized carbons (Fsp3) is 0.458. The number of alkyl halides is 2. The summed E-state index contributed by atoms with van der Waals surface area (Å²) in [5.74, 6) is -0.305. The topological polar surface area (TPSA) is 75.7 Å². The second kappa shape index (κ2) is 11.6. The molecule has 1 aliphatic heterocycles. The van der Waals surface area contributed by atoms with Crippen LogP contribution >= 0.6 is 0 Å². The van der Waals surface area contributed by atoms with Crippen molar-refractivity contribution in [2.45, 2.75) is 45.6 Å². The van der Waals surface area contributed by atoms with Gasteiger partial charge in [-0.2, -0.15) is 8.78 Å². The van der Waals surface area contributed by atoms with Gasteiger partial charge in [-0.15, -0.1) is 0 Å². The van der Waals surface area contributed by atoms with Crippen LogP contribution in [-0.4, -0.2) is 44.1 Å². The number of nitrogens with one attached hydrogen (secondary N) is 1. The number of benzene rings is 2. The number of carbonyl (C=O) groups excluding carboxylic acids is 1. The van der Waals surface area contributed by atoms with Gasteiger partial charge in [-0.05, 0) is 43.0 Å². The standard InChI is InChI=1S/C24H30F2N2O4S/c1-2-3-15-33(30,31)28-13-11-19(12-14-28)23(29)27-21-9-10-22(32-24(25)26)20(17-21)16-18-7-5-4-6-8-18/h4-10,17,19,24H,2-3,11-16H2,1H3,(H,27,29). The minimum absolute atomic E-state index is 0.0671. The maximum Gasteiger partial charge on any atom is 0.387 e. The van der Waals surface area contributed by atoms with Gasteiger partial charge in [-0.3, -0.25) is 4.79 Å². The van der Waals surface area contributed by atoms with Crippen molar-refractivity contribution >= 4 is 21.6 Å². The quantitative estimate of drug-likeness (QED) is 0.537. The maximum atomic E-state index is 12.8. The van der Waals surface area contributed by atoms with Crippen LogP contribution in [0.15, 0.2) is 48.5 Å². The van der Waals surface area contributed by atoms with Gasteiger partial charge in [0.1, 0.15) is 5.75 Å². The third kappa shape index (κ3) is 7.23. The van der Waals surface area contributed by atoms with Gasteiger partial charge in [0.15, 0.2) is 0 Å². The summed E-state index contributed by atoms with van der Waals surface area (Å²) in [6.07, 6.45) is 2.70. The first-order valence-electron chi connectivity index (χ1n) is 11.2. The van der Waals surface area contributed by atoms with Gasteiger partial charge >= 0.3 is 6.61 Å². The summed E-state index contributed by atoms with van der Waals surface area (Å²) < 4.78 is 56.5. The summed E-state index contributed by atoms with van der Waals surface area (Å²) in [6, 6.07) is 14.0. The molecular weight excluding hydrogens is 450 g/mol. The van der Waals surface area contributed by atoms with Crippen LogP contribution in [0.25, 0.3) is 0 Å². The Labute approximate surface area is 194 Å². The number of nitrogens with zero attached hydrogens (tertiary/aromatic N) is 1. The van der Waals surface area contributed by atoms with Crippen molar-refractivity contribution in [1.82, 2.24) is 4.31 Å². The first kappa shape index (κ1) is 25.1. The number of anilines is 1. The molecule has 0 saturated carbocycles. The van der Waals surface area contributed by atoms with E-state index < -0.39 is 16.6 Å². The van der Waals surface area contributed by atoms with Gasteiger partial charge in [0.05, 0.1) is 5.75 Å². The van der Waals surface area contributed by atoms with Gasteiger partial charge < -0.3 is 10.1 Å². The molecule has 2 aromatic rings. The molecular formula is C24H30F2N2O4S. The second-order valence-electron chi connectivity index (χ2n) is 8.20. The van der Waals surface area contributed by atoms with Gasteiger partial charge in [0.25, 0.3) is 0 Å². The summed E-state index contributed by atoms with van der Waals surface area (Å²) in [5.41, 5.74) is 1.96. The number of ether oxygens (including phenoxy) is 1.